The third-order valence-corrected chi connectivity index (χ3v) is 2.43. The molecule has 92 valence electrons. The van der Waals surface area contributed by atoms with Crippen molar-refractivity contribution in [1.29, 1.82) is 0 Å². The molecule has 1 fully saturated rings. The first-order valence-electron chi connectivity index (χ1n) is 5.11. The van der Waals surface area contributed by atoms with Crippen LogP contribution >= 0.6 is 0 Å². The number of anilines is 1. The molecule has 0 unspecified atom stereocenters. The van der Waals surface area contributed by atoms with Gasteiger partial charge in [-0.1, -0.05) is 0 Å². The van der Waals surface area contributed by atoms with E-state index in [1.165, 1.54) is 4.90 Å². The quantitative estimate of drug-likeness (QED) is 0.745. The number of aromatic nitrogens is 1. The minimum atomic E-state index is -1.37. The molecule has 1 saturated heterocycles. The number of carbonyl (C=O) groups excluding carboxylic acids is 1. The second-order valence-corrected chi connectivity index (χ2v) is 3.69. The fourth-order valence-corrected chi connectivity index (χ4v) is 1.64. The summed E-state index contributed by atoms with van der Waals surface area (Å²) in [4.78, 5) is 15.8. The van der Waals surface area contributed by atoms with Crippen molar-refractivity contribution in [3.8, 4) is 0 Å². The van der Waals surface area contributed by atoms with Crippen LogP contribution in [0.4, 0.5) is 19.0 Å². The van der Waals surface area contributed by atoms with Gasteiger partial charge >= 0.3 is 0 Å². The number of rotatable bonds is 1. The molecular weight excluding hydrogens is 235 g/mol. The van der Waals surface area contributed by atoms with Crippen LogP contribution in [0, 0.1) is 17.6 Å². The maximum atomic E-state index is 13.4. The summed E-state index contributed by atoms with van der Waals surface area (Å²) < 4.78 is 39.1. The molecule has 1 aromatic heterocycles. The fourth-order valence-electron chi connectivity index (χ4n) is 1.64. The molecule has 1 aliphatic rings. The molecule has 1 amide bonds. The van der Waals surface area contributed by atoms with Gasteiger partial charge in [-0.2, -0.15) is 9.37 Å². The Kier molecular flexibility index (Phi) is 3.16. The summed E-state index contributed by atoms with van der Waals surface area (Å²) in [7, 11) is 0. The maximum Gasteiger partial charge on any atom is 0.251 e. The lowest BCUT2D eigenvalue weighted by atomic mass is 10.3. The number of halogens is 3. The molecule has 0 spiro atoms. The monoisotopic (exact) mass is 245 g/mol. The first-order valence-corrected chi connectivity index (χ1v) is 5.11. The smallest absolute Gasteiger partial charge is 0.251 e. The minimum absolute atomic E-state index is 0.116. The van der Waals surface area contributed by atoms with E-state index in [2.05, 4.69) is 10.3 Å². The van der Waals surface area contributed by atoms with E-state index in [1.54, 1.807) is 0 Å². The Hall–Kier alpha value is -1.79. The average Bonchev–Trinajstić information content (AvgIpc) is 2.48. The van der Waals surface area contributed by atoms with Crippen LogP contribution in [0.25, 0.3) is 0 Å². The highest BCUT2D eigenvalue weighted by Gasteiger charge is 2.21. The van der Waals surface area contributed by atoms with Crippen LogP contribution in [-0.4, -0.2) is 30.5 Å². The summed E-state index contributed by atoms with van der Waals surface area (Å²) in [5.74, 6) is -4.32. The number of amides is 1. The molecule has 4 nitrogen and oxygen atoms in total. The second-order valence-electron chi connectivity index (χ2n) is 3.69. The molecule has 17 heavy (non-hydrogen) atoms. The zero-order chi connectivity index (χ0) is 12.4. The van der Waals surface area contributed by atoms with Crippen LogP contribution in [0.1, 0.15) is 6.42 Å². The molecule has 0 saturated carbocycles. The third kappa shape index (κ3) is 2.48. The molecular formula is C10H10F3N3O. The highest BCUT2D eigenvalue weighted by atomic mass is 19.2. The molecule has 0 atom stereocenters. The number of nitrogens with zero attached hydrogens (tertiary/aromatic N) is 2. The Labute approximate surface area is 95.4 Å². The SMILES string of the molecule is O=C1CN(c2nc(F)c(F)cc2F)CCCN1. The van der Waals surface area contributed by atoms with E-state index >= 15 is 0 Å². The van der Waals surface area contributed by atoms with Gasteiger partial charge in [-0.3, -0.25) is 4.79 Å². The zero-order valence-corrected chi connectivity index (χ0v) is 8.84. The Morgan fingerprint density at radius 2 is 2.06 bits per heavy atom. The predicted octanol–water partition coefficient (Wildman–Crippen LogP) is 0.825. The van der Waals surface area contributed by atoms with Gasteiger partial charge in [0.25, 0.3) is 5.95 Å². The average molecular weight is 245 g/mol. The standard InChI is InChI=1S/C10H10F3N3O/c11-6-4-7(12)10(15-9(6)13)16-3-1-2-14-8(17)5-16/h4H,1-3,5H2,(H,14,17). The van der Waals surface area contributed by atoms with Crippen LogP contribution in [0.15, 0.2) is 6.07 Å². The molecule has 0 aromatic carbocycles. The molecule has 1 N–H and O–H groups in total. The second kappa shape index (κ2) is 4.60. The Bertz CT molecular complexity index is 453. The number of pyridine rings is 1. The van der Waals surface area contributed by atoms with Crippen molar-refractivity contribution < 1.29 is 18.0 Å². The van der Waals surface area contributed by atoms with Crippen LogP contribution in [-0.2, 0) is 4.79 Å². The van der Waals surface area contributed by atoms with E-state index in [0.29, 0.717) is 25.6 Å². The van der Waals surface area contributed by atoms with E-state index < -0.39 is 17.6 Å². The lowest BCUT2D eigenvalue weighted by Gasteiger charge is -2.20. The van der Waals surface area contributed by atoms with Crippen molar-refractivity contribution in [3.05, 3.63) is 23.6 Å². The van der Waals surface area contributed by atoms with Crippen LogP contribution in [0.2, 0.25) is 0 Å². The van der Waals surface area contributed by atoms with Gasteiger partial charge in [0.1, 0.15) is 0 Å². The van der Waals surface area contributed by atoms with Gasteiger partial charge in [-0.25, -0.2) is 8.78 Å². The summed E-state index contributed by atoms with van der Waals surface area (Å²) in [5, 5.41) is 2.59. The van der Waals surface area contributed by atoms with Gasteiger partial charge in [0.15, 0.2) is 17.5 Å². The van der Waals surface area contributed by atoms with E-state index in [9.17, 15) is 18.0 Å². The molecule has 1 aliphatic heterocycles. The van der Waals surface area contributed by atoms with Crippen LogP contribution in [0.3, 0.4) is 0 Å². The topological polar surface area (TPSA) is 45.2 Å². The van der Waals surface area contributed by atoms with Gasteiger partial charge in [0, 0.05) is 19.2 Å². The lowest BCUT2D eigenvalue weighted by molar-refractivity contribution is -0.119. The summed E-state index contributed by atoms with van der Waals surface area (Å²) in [6, 6.07) is 0.431. The number of hydrogen-bond acceptors (Lipinski definition) is 3. The van der Waals surface area contributed by atoms with E-state index in [1.807, 2.05) is 0 Å². The first-order chi connectivity index (χ1) is 8.08. The summed E-state index contributed by atoms with van der Waals surface area (Å²) in [5.41, 5.74) is 0. The van der Waals surface area contributed by atoms with Gasteiger partial charge in [0.2, 0.25) is 5.91 Å². The minimum Gasteiger partial charge on any atom is -0.354 e. The third-order valence-electron chi connectivity index (χ3n) is 2.43. The number of hydrogen-bond donors (Lipinski definition) is 1. The maximum absolute atomic E-state index is 13.4. The molecule has 1 aromatic rings. The molecule has 2 heterocycles. The largest absolute Gasteiger partial charge is 0.354 e. The number of nitrogens with one attached hydrogen (secondary N) is 1. The van der Waals surface area contributed by atoms with E-state index in [4.69, 9.17) is 0 Å². The summed E-state index contributed by atoms with van der Waals surface area (Å²) >= 11 is 0. The molecule has 2 rings (SSSR count). The Balaban J connectivity index is 2.32. The lowest BCUT2D eigenvalue weighted by Crippen LogP contribution is -2.34. The highest BCUT2D eigenvalue weighted by molar-refractivity contribution is 5.81. The van der Waals surface area contributed by atoms with E-state index in [0.717, 1.165) is 0 Å². The molecule has 0 bridgehead atoms. The van der Waals surface area contributed by atoms with Crippen molar-refractivity contribution in [1.82, 2.24) is 10.3 Å². The Morgan fingerprint density at radius 3 is 2.82 bits per heavy atom. The van der Waals surface area contributed by atoms with Crippen molar-refractivity contribution in [2.75, 3.05) is 24.5 Å². The van der Waals surface area contributed by atoms with E-state index in [-0.39, 0.29) is 18.3 Å². The van der Waals surface area contributed by atoms with Gasteiger partial charge in [-0.15, -0.1) is 0 Å². The van der Waals surface area contributed by atoms with Crippen LogP contribution in [0.5, 0.6) is 0 Å². The van der Waals surface area contributed by atoms with Gasteiger partial charge < -0.3 is 10.2 Å². The van der Waals surface area contributed by atoms with Gasteiger partial charge in [0.05, 0.1) is 6.54 Å². The zero-order valence-electron chi connectivity index (χ0n) is 8.84. The van der Waals surface area contributed by atoms with Crippen LogP contribution < -0.4 is 10.2 Å². The van der Waals surface area contributed by atoms with Crippen molar-refractivity contribution in [2.24, 2.45) is 0 Å². The number of carbonyl (C=O) groups is 1. The molecule has 0 aliphatic carbocycles. The summed E-state index contributed by atoms with van der Waals surface area (Å²) in [6.45, 7) is 0.712. The first kappa shape index (κ1) is 11.7. The van der Waals surface area contributed by atoms with Crippen molar-refractivity contribution in [2.45, 2.75) is 6.42 Å². The fraction of sp³-hybridized carbons (Fsp3) is 0.400. The molecule has 0 radical (unpaired) electrons. The highest BCUT2D eigenvalue weighted by Crippen LogP contribution is 2.19. The Morgan fingerprint density at radius 1 is 1.29 bits per heavy atom. The summed E-state index contributed by atoms with van der Waals surface area (Å²) in [6.07, 6.45) is 0.589. The normalized spacial score (nSPS) is 16.6. The van der Waals surface area contributed by atoms with Gasteiger partial charge in [-0.05, 0) is 6.42 Å². The predicted molar refractivity (Wildman–Crippen MR) is 54.0 cm³/mol. The van der Waals surface area contributed by atoms with Crippen molar-refractivity contribution in [3.63, 3.8) is 0 Å². The molecule has 7 heteroatoms. The van der Waals surface area contributed by atoms with Crippen molar-refractivity contribution >= 4 is 11.7 Å².